The van der Waals surface area contributed by atoms with Gasteiger partial charge in [-0.25, -0.2) is 0 Å². The number of rotatable bonds is 5. The van der Waals surface area contributed by atoms with Crippen molar-refractivity contribution in [1.82, 2.24) is 10.2 Å². The molecular weight excluding hydrogens is 266 g/mol. The molecule has 1 fully saturated rings. The first-order valence-electron chi connectivity index (χ1n) is 5.94. The topological polar surface area (TPSA) is 29.0 Å². The summed E-state index contributed by atoms with van der Waals surface area (Å²) in [6.07, 6.45) is 5.12. The maximum absolute atomic E-state index is 4.30. The lowest BCUT2D eigenvalue weighted by Crippen LogP contribution is -2.41. The summed E-state index contributed by atoms with van der Waals surface area (Å²) >= 11 is 3.49. The molecule has 0 bridgehead atoms. The summed E-state index contributed by atoms with van der Waals surface area (Å²) in [5.41, 5.74) is 0.984. The molecule has 1 aromatic rings. The molecule has 1 saturated carbocycles. The van der Waals surface area contributed by atoms with Crippen LogP contribution in [-0.4, -0.2) is 28.1 Å². The molecule has 0 radical (unpaired) electrons. The smallest absolute Gasteiger partial charge is 0.151 e. The minimum absolute atomic E-state index is 0.691. The molecule has 0 aliphatic heterocycles. The Kier molecular flexibility index (Phi) is 4.16. The SMILES string of the molecule is Cc1ccc(N(CCCBr)C2CCC2)nn1. The number of anilines is 1. The average molecular weight is 284 g/mol. The summed E-state index contributed by atoms with van der Waals surface area (Å²) in [6.45, 7) is 3.05. The lowest BCUT2D eigenvalue weighted by atomic mass is 9.91. The van der Waals surface area contributed by atoms with Gasteiger partial charge in [0.15, 0.2) is 5.82 Å². The highest BCUT2D eigenvalue weighted by molar-refractivity contribution is 9.09. The van der Waals surface area contributed by atoms with E-state index in [2.05, 4.69) is 37.1 Å². The Hall–Kier alpha value is -0.640. The zero-order valence-corrected chi connectivity index (χ0v) is 11.3. The van der Waals surface area contributed by atoms with Gasteiger partial charge in [-0.3, -0.25) is 0 Å². The first-order valence-corrected chi connectivity index (χ1v) is 7.06. The number of alkyl halides is 1. The molecule has 0 unspecified atom stereocenters. The van der Waals surface area contributed by atoms with Crippen LogP contribution in [0, 0.1) is 6.92 Å². The standard InChI is InChI=1S/C12H18BrN3/c1-10-6-7-12(15-14-10)16(9-3-8-13)11-4-2-5-11/h6-7,11H,2-5,8-9H2,1H3. The van der Waals surface area contributed by atoms with E-state index in [-0.39, 0.29) is 0 Å². The van der Waals surface area contributed by atoms with Gasteiger partial charge in [-0.05, 0) is 44.7 Å². The Labute approximate surface area is 105 Å². The second-order valence-corrected chi connectivity index (χ2v) is 5.15. The summed E-state index contributed by atoms with van der Waals surface area (Å²) in [6, 6.07) is 4.83. The van der Waals surface area contributed by atoms with Gasteiger partial charge in [-0.15, -0.1) is 5.10 Å². The molecule has 1 heterocycles. The van der Waals surface area contributed by atoms with Crippen molar-refractivity contribution in [2.75, 3.05) is 16.8 Å². The molecule has 16 heavy (non-hydrogen) atoms. The van der Waals surface area contributed by atoms with Crippen LogP contribution in [0.15, 0.2) is 12.1 Å². The Bertz CT molecular complexity index is 322. The molecular formula is C12H18BrN3. The molecule has 2 rings (SSSR count). The lowest BCUT2D eigenvalue weighted by Gasteiger charge is -2.38. The molecule has 1 aliphatic rings. The highest BCUT2D eigenvalue weighted by Crippen LogP contribution is 2.28. The van der Waals surface area contributed by atoms with Gasteiger partial charge in [0.05, 0.1) is 5.69 Å². The molecule has 4 heteroatoms. The zero-order chi connectivity index (χ0) is 11.4. The highest BCUT2D eigenvalue weighted by Gasteiger charge is 2.25. The minimum atomic E-state index is 0.691. The van der Waals surface area contributed by atoms with Crippen LogP contribution in [0.5, 0.6) is 0 Å². The van der Waals surface area contributed by atoms with E-state index in [1.807, 2.05) is 13.0 Å². The van der Waals surface area contributed by atoms with Gasteiger partial charge < -0.3 is 4.90 Å². The molecule has 0 atom stereocenters. The second-order valence-electron chi connectivity index (χ2n) is 4.35. The average Bonchev–Trinajstić information content (AvgIpc) is 2.23. The highest BCUT2D eigenvalue weighted by atomic mass is 79.9. The fourth-order valence-electron chi connectivity index (χ4n) is 1.96. The van der Waals surface area contributed by atoms with Crippen LogP contribution in [0.4, 0.5) is 5.82 Å². The second kappa shape index (κ2) is 5.62. The van der Waals surface area contributed by atoms with Crippen LogP contribution in [0.3, 0.4) is 0 Å². The Morgan fingerprint density at radius 3 is 2.69 bits per heavy atom. The van der Waals surface area contributed by atoms with Crippen LogP contribution in [0.25, 0.3) is 0 Å². The Balaban J connectivity index is 2.07. The molecule has 0 spiro atoms. The summed E-state index contributed by atoms with van der Waals surface area (Å²) in [4.78, 5) is 2.41. The van der Waals surface area contributed by atoms with Crippen molar-refractivity contribution in [3.8, 4) is 0 Å². The monoisotopic (exact) mass is 283 g/mol. The third-order valence-corrected chi connectivity index (χ3v) is 3.69. The number of nitrogens with zero attached hydrogens (tertiary/aromatic N) is 3. The van der Waals surface area contributed by atoms with Gasteiger partial charge in [0.1, 0.15) is 0 Å². The number of hydrogen-bond acceptors (Lipinski definition) is 3. The molecule has 0 N–H and O–H groups in total. The normalized spacial score (nSPS) is 15.9. The van der Waals surface area contributed by atoms with Gasteiger partial charge in [0, 0.05) is 17.9 Å². The van der Waals surface area contributed by atoms with Gasteiger partial charge in [-0.2, -0.15) is 5.10 Å². The van der Waals surface area contributed by atoms with E-state index in [1.165, 1.54) is 19.3 Å². The van der Waals surface area contributed by atoms with Crippen molar-refractivity contribution in [2.24, 2.45) is 0 Å². The molecule has 0 aromatic carbocycles. The Morgan fingerprint density at radius 1 is 1.38 bits per heavy atom. The van der Waals surface area contributed by atoms with Gasteiger partial charge in [0.25, 0.3) is 0 Å². The van der Waals surface area contributed by atoms with Crippen molar-refractivity contribution >= 4 is 21.7 Å². The maximum atomic E-state index is 4.30. The van der Waals surface area contributed by atoms with Crippen molar-refractivity contribution in [2.45, 2.75) is 38.6 Å². The fourth-order valence-corrected chi connectivity index (χ4v) is 2.21. The predicted molar refractivity (Wildman–Crippen MR) is 70.2 cm³/mol. The van der Waals surface area contributed by atoms with Crippen LogP contribution in [-0.2, 0) is 0 Å². The lowest BCUT2D eigenvalue weighted by molar-refractivity contribution is 0.383. The van der Waals surface area contributed by atoms with E-state index in [0.29, 0.717) is 6.04 Å². The van der Waals surface area contributed by atoms with E-state index in [4.69, 9.17) is 0 Å². The van der Waals surface area contributed by atoms with Crippen molar-refractivity contribution in [3.05, 3.63) is 17.8 Å². The largest absolute Gasteiger partial charge is 0.352 e. The van der Waals surface area contributed by atoms with E-state index in [0.717, 1.165) is 29.8 Å². The van der Waals surface area contributed by atoms with E-state index in [9.17, 15) is 0 Å². The van der Waals surface area contributed by atoms with Crippen LogP contribution >= 0.6 is 15.9 Å². The quantitative estimate of drug-likeness (QED) is 0.778. The molecule has 1 aliphatic carbocycles. The molecule has 88 valence electrons. The summed E-state index contributed by atoms with van der Waals surface area (Å²) < 4.78 is 0. The maximum Gasteiger partial charge on any atom is 0.151 e. The van der Waals surface area contributed by atoms with Crippen molar-refractivity contribution in [1.29, 1.82) is 0 Å². The predicted octanol–water partition coefficient (Wildman–Crippen LogP) is 2.93. The van der Waals surface area contributed by atoms with Crippen molar-refractivity contribution < 1.29 is 0 Å². The van der Waals surface area contributed by atoms with Gasteiger partial charge in [0.2, 0.25) is 0 Å². The summed E-state index contributed by atoms with van der Waals surface area (Å²) in [5, 5.41) is 9.49. The number of aryl methyl sites for hydroxylation is 1. The molecule has 0 amide bonds. The van der Waals surface area contributed by atoms with E-state index < -0.39 is 0 Å². The summed E-state index contributed by atoms with van der Waals surface area (Å²) in [5.74, 6) is 1.04. The molecule has 3 nitrogen and oxygen atoms in total. The third kappa shape index (κ3) is 2.73. The Morgan fingerprint density at radius 2 is 2.19 bits per heavy atom. The zero-order valence-electron chi connectivity index (χ0n) is 9.69. The third-order valence-electron chi connectivity index (χ3n) is 3.13. The van der Waals surface area contributed by atoms with Crippen molar-refractivity contribution in [3.63, 3.8) is 0 Å². The first-order chi connectivity index (χ1) is 7.81. The fraction of sp³-hybridized carbons (Fsp3) is 0.667. The van der Waals surface area contributed by atoms with Crippen LogP contribution in [0.1, 0.15) is 31.4 Å². The van der Waals surface area contributed by atoms with Crippen LogP contribution < -0.4 is 4.90 Å². The number of hydrogen-bond donors (Lipinski definition) is 0. The number of halogens is 1. The first kappa shape index (κ1) is 11.8. The van der Waals surface area contributed by atoms with Gasteiger partial charge >= 0.3 is 0 Å². The van der Waals surface area contributed by atoms with E-state index >= 15 is 0 Å². The van der Waals surface area contributed by atoms with E-state index in [1.54, 1.807) is 0 Å². The molecule has 1 aromatic heterocycles. The number of aromatic nitrogens is 2. The van der Waals surface area contributed by atoms with Gasteiger partial charge in [-0.1, -0.05) is 15.9 Å². The minimum Gasteiger partial charge on any atom is -0.352 e. The summed E-state index contributed by atoms with van der Waals surface area (Å²) in [7, 11) is 0. The van der Waals surface area contributed by atoms with Crippen LogP contribution in [0.2, 0.25) is 0 Å². The molecule has 0 saturated heterocycles.